The molecule has 25 aromatic carbocycles. The summed E-state index contributed by atoms with van der Waals surface area (Å²) in [6.45, 7) is 0. The quantitative estimate of drug-likeness (QED) is 0.155. The van der Waals surface area contributed by atoms with E-state index in [4.69, 9.17) is 25.3 Å². The monoisotopic (exact) mass is 1820 g/mol. The van der Waals surface area contributed by atoms with Crippen LogP contribution in [0.25, 0.3) is 299 Å². The van der Waals surface area contributed by atoms with Gasteiger partial charge in [-0.3, -0.25) is 0 Å². The van der Waals surface area contributed by atoms with E-state index in [1.807, 2.05) is 243 Å². The van der Waals surface area contributed by atoms with Crippen molar-refractivity contribution in [2.75, 3.05) is 0 Å². The van der Waals surface area contributed by atoms with Gasteiger partial charge in [0.1, 0.15) is 22.3 Å². The molecule has 0 fully saturated rings. The van der Waals surface area contributed by atoms with E-state index in [9.17, 15) is 16.4 Å². The topological polar surface area (TPSA) is 26.3 Å². The molecule has 6 heteroatoms. The van der Waals surface area contributed by atoms with Crippen LogP contribution in [0, 0.1) is 0 Å². The summed E-state index contributed by atoms with van der Waals surface area (Å²) < 4.78 is 239. The van der Waals surface area contributed by atoms with E-state index in [1.165, 1.54) is 0 Å². The Morgan fingerprint density at radius 2 is 0.485 bits per heavy atom. The van der Waals surface area contributed by atoms with Crippen molar-refractivity contribution in [2.24, 2.45) is 0 Å². The SMILES string of the molecule is [2H]c1c([2H])c([2H])c2c(-c3ccc4c(c3)sc3ccc5ccccc5c34)c3c([2H])c([2H])c([2H])c([2H])c3c(-c3ccc4c(c3)oc3ccc5ccccc5c34)c2c1[2H].[2H]c1c([2H])c([2H])c2c(-c3ccc4sc5ccccc5c4c3)c3c([2H])c([2H])c([2H])c([2H])c3c(-c3ccc4c(c3)sc3ccc5ccccc5c34)c2c1[2H].[2H]c1c([2H])c([2H])c2c(-c3cccc4c3sc3ccccc34)c3c([2H])c([2H])c([2H])c([2H])c3c(-c3ccc4c(c3)oc3cc5ccccc5cc34)c2c1[2H]. The highest BCUT2D eigenvalue weighted by Crippen LogP contribution is 2.54. The van der Waals surface area contributed by atoms with Crippen LogP contribution in [0.5, 0.6) is 0 Å². The van der Waals surface area contributed by atoms with Gasteiger partial charge >= 0.3 is 0 Å². The average Bonchev–Trinajstić information content (AvgIpc) is 1.26. The van der Waals surface area contributed by atoms with Crippen LogP contribution in [0.1, 0.15) is 32.9 Å². The number of thiophene rings is 4. The second kappa shape index (κ2) is 30.6. The maximum absolute atomic E-state index is 9.39. The first-order chi connectivity index (χ1) is 77.4. The van der Waals surface area contributed by atoms with Crippen molar-refractivity contribution in [1.29, 1.82) is 0 Å². The maximum atomic E-state index is 9.39. The zero-order valence-corrected chi connectivity index (χ0v) is 74.6. The number of benzene rings is 25. The summed E-state index contributed by atoms with van der Waals surface area (Å²) >= 11 is 6.43. The Kier molecular flexibility index (Phi) is 12.8. The van der Waals surface area contributed by atoms with E-state index in [2.05, 4.69) is 60.7 Å². The molecule has 2 nitrogen and oxygen atoms in total. The number of fused-ring (bicyclic) bond motifs is 31. The van der Waals surface area contributed by atoms with E-state index in [0.717, 1.165) is 145 Å². The van der Waals surface area contributed by atoms with E-state index < -0.39 is 72.5 Å². The summed E-state index contributed by atoms with van der Waals surface area (Å²) in [5, 5.41) is 23.0. The molecule has 0 saturated carbocycles. The molecule has 0 saturated heterocycles. The molecule has 0 aliphatic heterocycles. The molecule has 0 radical (unpaired) electrons. The van der Waals surface area contributed by atoms with Gasteiger partial charge in [0.15, 0.2) is 0 Å². The van der Waals surface area contributed by atoms with Gasteiger partial charge in [-0.2, -0.15) is 0 Å². The van der Waals surface area contributed by atoms with Gasteiger partial charge < -0.3 is 8.83 Å². The van der Waals surface area contributed by atoms with Crippen molar-refractivity contribution in [3.05, 3.63) is 448 Å². The van der Waals surface area contributed by atoms with Gasteiger partial charge in [-0.1, -0.05) is 357 Å². The van der Waals surface area contributed by atoms with Crippen LogP contribution in [-0.4, -0.2) is 0 Å². The van der Waals surface area contributed by atoms with Crippen LogP contribution in [0.3, 0.4) is 0 Å². The molecule has 0 aliphatic rings. The molecule has 6 aromatic heterocycles. The molecule has 0 bridgehead atoms. The molecule has 0 aliphatic carbocycles. The van der Waals surface area contributed by atoms with Crippen LogP contribution in [0.4, 0.5) is 0 Å². The third-order valence-electron chi connectivity index (χ3n) is 27.0. The molecule has 630 valence electrons. The molecule has 0 spiro atoms. The lowest BCUT2D eigenvalue weighted by Crippen LogP contribution is -1.91. The van der Waals surface area contributed by atoms with Crippen molar-refractivity contribution < 1.29 is 41.7 Å². The zero-order chi connectivity index (χ0) is 110. The first-order valence-electron chi connectivity index (χ1n) is 56.5. The Hall–Kier alpha value is -16.4. The van der Waals surface area contributed by atoms with Crippen LogP contribution < -0.4 is 0 Å². The van der Waals surface area contributed by atoms with Gasteiger partial charge in [0.05, 0.1) is 32.9 Å². The van der Waals surface area contributed by atoms with E-state index in [1.54, 1.807) is 45.3 Å². The Labute approximate surface area is 829 Å². The lowest BCUT2D eigenvalue weighted by molar-refractivity contribution is 0.669. The summed E-state index contributed by atoms with van der Waals surface area (Å²) in [6.07, 6.45) is 0. The largest absolute Gasteiger partial charge is 0.456 e. The summed E-state index contributed by atoms with van der Waals surface area (Å²) in [5.74, 6) is 0. The number of hydrogen-bond acceptors (Lipinski definition) is 6. The standard InChI is InChI=1S/C46H26OS.C42H24OS.C42H24S2/c1-3-11-31-27(9-1)19-23-39-45(31)37-21-17-29(25-40(37)47-39)43-33-13-5-7-15-35(33)44(36-16-8-6-14-34(36)43)30-18-22-38-42(26-30)48-41-24-20-28-10-2-4-12-32(28)46(38)41;1-2-11-26-23-38-36(22-25(26)10-1)28-21-20-27(24-37(28)43-38)40-30-13-3-5-15-32(30)41(33-16-6-4-14-31(33)40)35-18-9-17-34-29-12-7-8-19-39(29)44-42(34)35;1-2-10-28-25(9-1)18-22-38-42(28)34-20-17-27(24-39(34)44-38)41-32-14-5-3-12-30(32)40(31-13-4-6-15-33(31)41)26-19-21-37-35(23-26)29-11-7-8-16-36(29)43-37/h1-26H;2*1-24H/i5D,6D,7D,8D,13D,14D,15D,16D;3D,4D,5D,6D,13D,14D,15D,16D;3D,4D,5D,6D,12D,13D,14D,15D. The molecule has 136 heavy (non-hydrogen) atoms. The molecule has 0 atom stereocenters. The number of hydrogen-bond donors (Lipinski definition) is 0. The highest BCUT2D eigenvalue weighted by molar-refractivity contribution is 7.27. The minimum atomic E-state index is -0.432. The van der Waals surface area contributed by atoms with Gasteiger partial charge in [-0.25, -0.2) is 0 Å². The van der Waals surface area contributed by atoms with E-state index >= 15 is 0 Å². The highest BCUT2D eigenvalue weighted by Gasteiger charge is 2.26. The zero-order valence-electron chi connectivity index (χ0n) is 95.3. The molecular weight excluding hydrogens is 1720 g/mol. The lowest BCUT2D eigenvalue weighted by Gasteiger charge is -2.18. The molecule has 0 unspecified atom stereocenters. The van der Waals surface area contributed by atoms with Gasteiger partial charge in [0.25, 0.3) is 0 Å². The fourth-order valence-corrected chi connectivity index (χ4v) is 25.8. The molecule has 31 rings (SSSR count). The fraction of sp³-hybridized carbons (Fsp3) is 0. The van der Waals surface area contributed by atoms with Gasteiger partial charge in [0, 0.05) is 108 Å². The Morgan fingerprint density at radius 1 is 0.162 bits per heavy atom. The molecule has 31 aromatic rings. The third kappa shape index (κ3) is 12.0. The lowest BCUT2D eigenvalue weighted by atomic mass is 9.85. The normalized spacial score (nSPS) is 14.6. The van der Waals surface area contributed by atoms with E-state index in [0.29, 0.717) is 89.1 Å². The summed E-state index contributed by atoms with van der Waals surface area (Å²) in [5.41, 5.74) is 7.91. The predicted molar refractivity (Wildman–Crippen MR) is 593 cm³/mol. The molecule has 6 heterocycles. The van der Waals surface area contributed by atoms with Crippen molar-refractivity contribution in [2.45, 2.75) is 0 Å². The summed E-state index contributed by atoms with van der Waals surface area (Å²) in [7, 11) is 0. The molecule has 0 amide bonds. The molecular formula is C130H74O2S4. The average molecular weight is 1820 g/mol. The summed E-state index contributed by atoms with van der Waals surface area (Å²) in [6, 6.07) is 91.3. The first-order valence-corrected chi connectivity index (χ1v) is 47.8. The van der Waals surface area contributed by atoms with Crippen LogP contribution in [-0.2, 0) is 0 Å². The maximum Gasteiger partial charge on any atom is 0.136 e. The Balaban J connectivity index is 0.000000111. The van der Waals surface area contributed by atoms with Gasteiger partial charge in [0.2, 0.25) is 0 Å². The van der Waals surface area contributed by atoms with Crippen molar-refractivity contribution in [1.82, 2.24) is 0 Å². The molecule has 0 N–H and O–H groups in total. The van der Waals surface area contributed by atoms with Gasteiger partial charge in [-0.05, 0) is 260 Å². The fourth-order valence-electron chi connectivity index (χ4n) is 21.1. The van der Waals surface area contributed by atoms with E-state index in [-0.39, 0.29) is 137 Å². The third-order valence-corrected chi connectivity index (χ3v) is 31.7. The van der Waals surface area contributed by atoms with Crippen LogP contribution in [0.15, 0.2) is 457 Å². The second-order valence-corrected chi connectivity index (χ2v) is 38.6. The van der Waals surface area contributed by atoms with Crippen molar-refractivity contribution in [3.63, 3.8) is 0 Å². The Morgan fingerprint density at radius 3 is 0.971 bits per heavy atom. The van der Waals surface area contributed by atoms with Crippen LogP contribution in [0.2, 0.25) is 0 Å². The Bertz CT molecular complexity index is 11700. The van der Waals surface area contributed by atoms with Crippen molar-refractivity contribution >= 4 is 278 Å². The van der Waals surface area contributed by atoms with Crippen LogP contribution >= 0.6 is 45.3 Å². The highest BCUT2D eigenvalue weighted by atomic mass is 32.1. The minimum absolute atomic E-state index is 0.173. The van der Waals surface area contributed by atoms with Gasteiger partial charge in [-0.15, -0.1) is 45.3 Å². The predicted octanol–water partition coefficient (Wildman–Crippen LogP) is 39.9. The first kappa shape index (κ1) is 57.1. The second-order valence-electron chi connectivity index (χ2n) is 34.3. The summed E-state index contributed by atoms with van der Waals surface area (Å²) in [4.78, 5) is 0. The number of rotatable bonds is 6. The smallest absolute Gasteiger partial charge is 0.136 e. The van der Waals surface area contributed by atoms with Crippen molar-refractivity contribution in [3.8, 4) is 66.8 Å². The minimum Gasteiger partial charge on any atom is -0.456 e. The number of furan rings is 2.